The van der Waals surface area contributed by atoms with Crippen molar-refractivity contribution in [3.63, 3.8) is 0 Å². The largest absolute Gasteiger partial charge is 0.452 e. The minimum atomic E-state index is -0.479. The van der Waals surface area contributed by atoms with E-state index in [4.69, 9.17) is 4.74 Å². The average molecular weight is 344 g/mol. The van der Waals surface area contributed by atoms with Crippen LogP contribution in [0.2, 0.25) is 0 Å². The van der Waals surface area contributed by atoms with Crippen molar-refractivity contribution in [2.75, 3.05) is 29.9 Å². The lowest BCUT2D eigenvalue weighted by molar-refractivity contribution is -0.119. The van der Waals surface area contributed by atoms with Gasteiger partial charge in [-0.3, -0.25) is 4.79 Å². The first-order valence-corrected chi connectivity index (χ1v) is 8.92. The zero-order valence-corrected chi connectivity index (χ0v) is 14.4. The van der Waals surface area contributed by atoms with Crippen molar-refractivity contribution >= 4 is 34.6 Å². The zero-order valence-electron chi connectivity index (χ0n) is 13.6. The van der Waals surface area contributed by atoms with Gasteiger partial charge in [-0.05, 0) is 55.0 Å². The van der Waals surface area contributed by atoms with Crippen LogP contribution in [0.15, 0.2) is 35.0 Å². The van der Waals surface area contributed by atoms with Gasteiger partial charge in [-0.2, -0.15) is 11.3 Å². The number of esters is 1. The summed E-state index contributed by atoms with van der Waals surface area (Å²) in [6, 6.07) is 7.68. The number of hydrogen-bond acceptors (Lipinski definition) is 5. The lowest BCUT2D eigenvalue weighted by Gasteiger charge is -2.19. The number of rotatable bonds is 5. The Labute approximate surface area is 145 Å². The molecule has 0 radical (unpaired) electrons. The zero-order chi connectivity index (χ0) is 16.9. The highest BCUT2D eigenvalue weighted by Gasteiger charge is 2.14. The van der Waals surface area contributed by atoms with Gasteiger partial charge in [0.2, 0.25) is 0 Å². The molecule has 0 spiro atoms. The van der Waals surface area contributed by atoms with Crippen LogP contribution in [0.5, 0.6) is 0 Å². The van der Waals surface area contributed by atoms with E-state index < -0.39 is 5.97 Å². The van der Waals surface area contributed by atoms with Crippen LogP contribution in [-0.4, -0.2) is 31.6 Å². The minimum absolute atomic E-state index is 0.290. The van der Waals surface area contributed by atoms with E-state index in [1.165, 1.54) is 29.9 Å². The number of ether oxygens (including phenoxy) is 1. The molecule has 2 heterocycles. The number of nitrogens with one attached hydrogen (secondary N) is 1. The van der Waals surface area contributed by atoms with Crippen LogP contribution in [0.1, 0.15) is 28.8 Å². The third-order valence-corrected chi connectivity index (χ3v) is 4.73. The Bertz CT molecular complexity index is 722. The maximum atomic E-state index is 12.0. The quantitative estimate of drug-likeness (QED) is 0.844. The molecule has 1 fully saturated rings. The lowest BCUT2D eigenvalue weighted by atomic mass is 10.1. The van der Waals surface area contributed by atoms with E-state index in [0.29, 0.717) is 5.56 Å². The van der Waals surface area contributed by atoms with Crippen molar-refractivity contribution < 1.29 is 14.3 Å². The summed E-state index contributed by atoms with van der Waals surface area (Å²) in [5.41, 5.74) is 3.40. The van der Waals surface area contributed by atoms with Crippen LogP contribution in [-0.2, 0) is 9.53 Å². The van der Waals surface area contributed by atoms with Gasteiger partial charge in [0.15, 0.2) is 6.61 Å². The normalized spacial score (nSPS) is 13.8. The standard InChI is InChI=1S/C18H20N2O3S/c1-13-10-15(20-7-2-3-8-20)4-5-16(13)19-17(21)11-23-18(22)14-6-9-24-12-14/h4-6,9-10,12H,2-3,7-8,11H2,1H3,(H,19,21). The molecule has 5 nitrogen and oxygen atoms in total. The summed E-state index contributed by atoms with van der Waals surface area (Å²) >= 11 is 1.41. The summed E-state index contributed by atoms with van der Waals surface area (Å²) in [4.78, 5) is 26.1. The van der Waals surface area contributed by atoms with E-state index in [0.717, 1.165) is 24.3 Å². The molecule has 126 valence electrons. The molecule has 6 heteroatoms. The monoisotopic (exact) mass is 344 g/mol. The number of anilines is 2. The molecule has 0 bridgehead atoms. The molecule has 0 atom stereocenters. The van der Waals surface area contributed by atoms with E-state index >= 15 is 0 Å². The van der Waals surface area contributed by atoms with Crippen LogP contribution in [0.3, 0.4) is 0 Å². The van der Waals surface area contributed by atoms with Crippen LogP contribution in [0.25, 0.3) is 0 Å². The molecule has 1 saturated heterocycles. The Kier molecular flexibility index (Phi) is 5.15. The number of carbonyl (C=O) groups is 2. The number of amides is 1. The summed E-state index contributed by atoms with van der Waals surface area (Å²) in [6.07, 6.45) is 2.46. The molecule has 1 aliphatic heterocycles. The van der Waals surface area contributed by atoms with Crippen LogP contribution >= 0.6 is 11.3 Å². The van der Waals surface area contributed by atoms with Gasteiger partial charge in [0.1, 0.15) is 0 Å². The van der Waals surface area contributed by atoms with Gasteiger partial charge in [0.25, 0.3) is 5.91 Å². The fourth-order valence-electron chi connectivity index (χ4n) is 2.74. The highest BCUT2D eigenvalue weighted by molar-refractivity contribution is 7.08. The number of aryl methyl sites for hydroxylation is 1. The van der Waals surface area contributed by atoms with Crippen molar-refractivity contribution in [2.24, 2.45) is 0 Å². The summed E-state index contributed by atoms with van der Waals surface area (Å²) in [5.74, 6) is -0.817. The molecular formula is C18H20N2O3S. The average Bonchev–Trinajstić information content (AvgIpc) is 3.27. The second-order valence-electron chi connectivity index (χ2n) is 5.83. The molecule has 0 unspecified atom stereocenters. The molecule has 2 aromatic rings. The maximum absolute atomic E-state index is 12.0. The Morgan fingerprint density at radius 1 is 1.25 bits per heavy atom. The molecular weight excluding hydrogens is 324 g/mol. The number of thiophene rings is 1. The van der Waals surface area contributed by atoms with Crippen LogP contribution < -0.4 is 10.2 Å². The van der Waals surface area contributed by atoms with Gasteiger partial charge in [0.05, 0.1) is 5.56 Å². The molecule has 24 heavy (non-hydrogen) atoms. The summed E-state index contributed by atoms with van der Waals surface area (Å²) < 4.78 is 5.01. The number of carbonyl (C=O) groups excluding carboxylic acids is 2. The Morgan fingerprint density at radius 2 is 2.04 bits per heavy atom. The lowest BCUT2D eigenvalue weighted by Crippen LogP contribution is -2.21. The van der Waals surface area contributed by atoms with Gasteiger partial charge < -0.3 is 15.0 Å². The number of benzene rings is 1. The first kappa shape index (κ1) is 16.5. The first-order valence-electron chi connectivity index (χ1n) is 7.98. The van der Waals surface area contributed by atoms with Crippen molar-refractivity contribution in [1.29, 1.82) is 0 Å². The van der Waals surface area contributed by atoms with E-state index in [1.54, 1.807) is 16.8 Å². The Morgan fingerprint density at radius 3 is 2.71 bits per heavy atom. The summed E-state index contributed by atoms with van der Waals surface area (Å²) in [7, 11) is 0. The molecule has 0 aliphatic carbocycles. The second kappa shape index (κ2) is 7.49. The summed E-state index contributed by atoms with van der Waals surface area (Å²) in [6.45, 7) is 3.85. The van der Waals surface area contributed by atoms with Gasteiger partial charge in [0, 0.05) is 29.8 Å². The minimum Gasteiger partial charge on any atom is -0.452 e. The van der Waals surface area contributed by atoms with Crippen molar-refractivity contribution in [1.82, 2.24) is 0 Å². The predicted molar refractivity (Wildman–Crippen MR) is 95.9 cm³/mol. The molecule has 1 aromatic carbocycles. The van der Waals surface area contributed by atoms with Crippen molar-refractivity contribution in [3.8, 4) is 0 Å². The highest BCUT2D eigenvalue weighted by Crippen LogP contribution is 2.25. The predicted octanol–water partition coefficient (Wildman–Crippen LogP) is 3.45. The number of nitrogens with zero attached hydrogens (tertiary/aromatic N) is 1. The third-order valence-electron chi connectivity index (χ3n) is 4.05. The van der Waals surface area contributed by atoms with Crippen LogP contribution in [0.4, 0.5) is 11.4 Å². The SMILES string of the molecule is Cc1cc(N2CCCC2)ccc1NC(=O)COC(=O)c1ccsc1. The van der Waals surface area contributed by atoms with E-state index in [-0.39, 0.29) is 12.5 Å². The molecule has 1 amide bonds. The molecule has 0 saturated carbocycles. The fourth-order valence-corrected chi connectivity index (χ4v) is 3.37. The Hall–Kier alpha value is -2.34. The highest BCUT2D eigenvalue weighted by atomic mass is 32.1. The summed E-state index contributed by atoms with van der Waals surface area (Å²) in [5, 5.41) is 6.29. The van der Waals surface area contributed by atoms with Crippen molar-refractivity contribution in [3.05, 3.63) is 46.2 Å². The molecule has 3 rings (SSSR count). The first-order chi connectivity index (χ1) is 11.6. The van der Waals surface area contributed by atoms with E-state index in [1.807, 2.05) is 19.1 Å². The van der Waals surface area contributed by atoms with Gasteiger partial charge in [-0.1, -0.05) is 0 Å². The van der Waals surface area contributed by atoms with Gasteiger partial charge in [-0.15, -0.1) is 0 Å². The second-order valence-corrected chi connectivity index (χ2v) is 6.61. The van der Waals surface area contributed by atoms with Gasteiger partial charge in [-0.25, -0.2) is 4.79 Å². The number of hydrogen-bond donors (Lipinski definition) is 1. The fraction of sp³-hybridized carbons (Fsp3) is 0.333. The molecule has 1 N–H and O–H groups in total. The smallest absolute Gasteiger partial charge is 0.339 e. The van der Waals surface area contributed by atoms with E-state index in [2.05, 4.69) is 16.3 Å². The topological polar surface area (TPSA) is 58.6 Å². The third kappa shape index (κ3) is 3.94. The molecule has 1 aromatic heterocycles. The maximum Gasteiger partial charge on any atom is 0.339 e. The van der Waals surface area contributed by atoms with Gasteiger partial charge >= 0.3 is 5.97 Å². The van der Waals surface area contributed by atoms with Crippen LogP contribution in [0, 0.1) is 6.92 Å². The van der Waals surface area contributed by atoms with E-state index in [9.17, 15) is 9.59 Å². The van der Waals surface area contributed by atoms with Crippen molar-refractivity contribution in [2.45, 2.75) is 19.8 Å². The Balaban J connectivity index is 1.55. The molecule has 1 aliphatic rings.